The first kappa shape index (κ1) is 15.2. The Kier molecular flexibility index (Phi) is 4.69. The van der Waals surface area contributed by atoms with Gasteiger partial charge in [0.15, 0.2) is 11.5 Å². The Morgan fingerprint density at radius 3 is 2.67 bits per heavy atom. The van der Waals surface area contributed by atoms with Gasteiger partial charge in [0.2, 0.25) is 0 Å². The van der Waals surface area contributed by atoms with Crippen molar-refractivity contribution in [3.63, 3.8) is 0 Å². The van der Waals surface area contributed by atoms with Crippen LogP contribution >= 0.6 is 0 Å². The molecule has 1 aromatic carbocycles. The summed E-state index contributed by atoms with van der Waals surface area (Å²) in [6.45, 7) is 3.98. The molecule has 1 fully saturated rings. The molecule has 1 aliphatic rings. The summed E-state index contributed by atoms with van der Waals surface area (Å²) in [4.78, 5) is 14.1. The summed E-state index contributed by atoms with van der Waals surface area (Å²) < 4.78 is 10.9. The number of amides is 1. The van der Waals surface area contributed by atoms with Gasteiger partial charge in [0.05, 0.1) is 19.3 Å². The van der Waals surface area contributed by atoms with Crippen LogP contribution in [0, 0.1) is 11.3 Å². The molecule has 21 heavy (non-hydrogen) atoms. The number of ether oxygens (including phenoxy) is 2. The summed E-state index contributed by atoms with van der Waals surface area (Å²) in [6, 6.07) is 7.39. The minimum atomic E-state index is -0.131. The van der Waals surface area contributed by atoms with Gasteiger partial charge in [0.1, 0.15) is 6.54 Å². The Bertz CT molecular complexity index is 559. The molecular weight excluding hydrogens is 268 g/mol. The third-order valence-electron chi connectivity index (χ3n) is 3.26. The van der Waals surface area contributed by atoms with Crippen LogP contribution in [-0.2, 0) is 0 Å². The highest BCUT2D eigenvalue weighted by Crippen LogP contribution is 2.32. The monoisotopic (exact) mass is 288 g/mol. The largest absolute Gasteiger partial charge is 0.493 e. The van der Waals surface area contributed by atoms with Crippen LogP contribution < -0.4 is 9.47 Å². The van der Waals surface area contributed by atoms with Gasteiger partial charge in [-0.05, 0) is 44.9 Å². The van der Waals surface area contributed by atoms with Crippen LogP contribution in [0.3, 0.4) is 0 Å². The van der Waals surface area contributed by atoms with Crippen molar-refractivity contribution in [3.8, 4) is 17.6 Å². The smallest absolute Gasteiger partial charge is 0.255 e. The Morgan fingerprint density at radius 1 is 1.43 bits per heavy atom. The molecule has 0 aliphatic heterocycles. The molecule has 0 saturated heterocycles. The normalized spacial score (nSPS) is 13.7. The van der Waals surface area contributed by atoms with Gasteiger partial charge in [-0.25, -0.2) is 0 Å². The first-order chi connectivity index (χ1) is 10.1. The minimum Gasteiger partial charge on any atom is -0.493 e. The lowest BCUT2D eigenvalue weighted by Gasteiger charge is -2.20. The van der Waals surface area contributed by atoms with Crippen LogP contribution in [0.25, 0.3) is 0 Å². The van der Waals surface area contributed by atoms with Crippen molar-refractivity contribution in [2.75, 3.05) is 13.7 Å². The van der Waals surface area contributed by atoms with Crippen LogP contribution in [-0.4, -0.2) is 36.6 Å². The van der Waals surface area contributed by atoms with Gasteiger partial charge in [-0.15, -0.1) is 0 Å². The molecule has 5 nitrogen and oxygen atoms in total. The predicted octanol–water partition coefficient (Wildman–Crippen LogP) is 2.61. The maximum atomic E-state index is 12.5. The van der Waals surface area contributed by atoms with Crippen LogP contribution in [0.15, 0.2) is 18.2 Å². The highest BCUT2D eigenvalue weighted by Gasteiger charge is 2.33. The zero-order chi connectivity index (χ0) is 15.4. The van der Waals surface area contributed by atoms with E-state index in [2.05, 4.69) is 6.07 Å². The van der Waals surface area contributed by atoms with Crippen molar-refractivity contribution in [2.24, 2.45) is 0 Å². The number of hydrogen-bond acceptors (Lipinski definition) is 4. The van der Waals surface area contributed by atoms with E-state index in [1.54, 1.807) is 30.2 Å². The number of carbonyl (C=O) groups excluding carboxylic acids is 1. The van der Waals surface area contributed by atoms with Crippen molar-refractivity contribution in [3.05, 3.63) is 23.8 Å². The molecule has 1 aliphatic carbocycles. The molecule has 1 amide bonds. The van der Waals surface area contributed by atoms with Crippen LogP contribution in [0.5, 0.6) is 11.5 Å². The second-order valence-electron chi connectivity index (χ2n) is 5.35. The molecule has 1 aromatic rings. The summed E-state index contributed by atoms with van der Waals surface area (Å²) in [5.41, 5.74) is 0.519. The number of methoxy groups -OCH3 is 1. The van der Waals surface area contributed by atoms with Gasteiger partial charge >= 0.3 is 0 Å². The SMILES string of the molecule is COc1cc(C(=O)N(CC#N)C2CC2)ccc1OC(C)C. The number of nitrogens with zero attached hydrogens (tertiary/aromatic N) is 2. The van der Waals surface area contributed by atoms with Gasteiger partial charge in [-0.2, -0.15) is 5.26 Å². The second-order valence-corrected chi connectivity index (χ2v) is 5.35. The number of benzene rings is 1. The fourth-order valence-electron chi connectivity index (χ4n) is 2.15. The van der Waals surface area contributed by atoms with E-state index >= 15 is 0 Å². The van der Waals surface area contributed by atoms with E-state index in [-0.39, 0.29) is 24.6 Å². The fourth-order valence-corrected chi connectivity index (χ4v) is 2.15. The van der Waals surface area contributed by atoms with Crippen molar-refractivity contribution in [1.82, 2.24) is 4.90 Å². The van der Waals surface area contributed by atoms with E-state index in [0.717, 1.165) is 12.8 Å². The molecule has 0 spiro atoms. The molecule has 112 valence electrons. The second kappa shape index (κ2) is 6.49. The van der Waals surface area contributed by atoms with Crippen molar-refractivity contribution < 1.29 is 14.3 Å². The maximum Gasteiger partial charge on any atom is 0.255 e. The standard InChI is InChI=1S/C16H20N2O3/c1-11(2)21-14-7-4-12(10-15(14)20-3)16(19)18(9-8-17)13-5-6-13/h4,7,10-11,13H,5-6,9H2,1-3H3. The Hall–Kier alpha value is -2.22. The van der Waals surface area contributed by atoms with Crippen LogP contribution in [0.1, 0.15) is 37.0 Å². The molecule has 2 rings (SSSR count). The lowest BCUT2D eigenvalue weighted by atomic mass is 10.1. The lowest BCUT2D eigenvalue weighted by Crippen LogP contribution is -2.33. The molecule has 0 radical (unpaired) electrons. The zero-order valence-electron chi connectivity index (χ0n) is 12.6. The van der Waals surface area contributed by atoms with Gasteiger partial charge in [0.25, 0.3) is 5.91 Å². The topological polar surface area (TPSA) is 62.6 Å². The van der Waals surface area contributed by atoms with E-state index in [0.29, 0.717) is 17.1 Å². The molecule has 0 unspecified atom stereocenters. The minimum absolute atomic E-state index is 0.0296. The third-order valence-corrected chi connectivity index (χ3v) is 3.26. The third kappa shape index (κ3) is 3.66. The Morgan fingerprint density at radius 2 is 2.14 bits per heavy atom. The summed E-state index contributed by atoms with van der Waals surface area (Å²) in [6.07, 6.45) is 1.97. The molecule has 0 aromatic heterocycles. The zero-order valence-corrected chi connectivity index (χ0v) is 12.6. The van der Waals surface area contributed by atoms with E-state index in [1.165, 1.54) is 0 Å². The summed E-state index contributed by atoms with van der Waals surface area (Å²) in [7, 11) is 1.55. The Balaban J connectivity index is 2.23. The van der Waals surface area contributed by atoms with Gasteiger partial charge < -0.3 is 14.4 Å². The van der Waals surface area contributed by atoms with E-state index in [4.69, 9.17) is 14.7 Å². The van der Waals surface area contributed by atoms with E-state index in [1.807, 2.05) is 13.8 Å². The number of hydrogen-bond donors (Lipinski definition) is 0. The average Bonchev–Trinajstić information content (AvgIpc) is 3.28. The maximum absolute atomic E-state index is 12.5. The first-order valence-corrected chi connectivity index (χ1v) is 7.09. The number of rotatable bonds is 6. The molecule has 5 heteroatoms. The molecule has 0 atom stereocenters. The quantitative estimate of drug-likeness (QED) is 0.755. The number of carbonyl (C=O) groups is 1. The van der Waals surface area contributed by atoms with Crippen molar-refractivity contribution in [1.29, 1.82) is 5.26 Å². The highest BCUT2D eigenvalue weighted by molar-refractivity contribution is 5.95. The van der Waals surface area contributed by atoms with Crippen molar-refractivity contribution >= 4 is 5.91 Å². The van der Waals surface area contributed by atoms with Crippen LogP contribution in [0.2, 0.25) is 0 Å². The van der Waals surface area contributed by atoms with E-state index < -0.39 is 0 Å². The predicted molar refractivity (Wildman–Crippen MR) is 78.4 cm³/mol. The molecule has 1 saturated carbocycles. The summed E-state index contributed by atoms with van der Waals surface area (Å²) in [5.74, 6) is 1.01. The number of nitriles is 1. The molecule has 0 bridgehead atoms. The Labute approximate surface area is 125 Å². The molecule has 0 heterocycles. The molecule has 0 N–H and O–H groups in total. The molecular formula is C16H20N2O3. The lowest BCUT2D eigenvalue weighted by molar-refractivity contribution is 0.0764. The van der Waals surface area contributed by atoms with Gasteiger partial charge in [-0.1, -0.05) is 0 Å². The van der Waals surface area contributed by atoms with Gasteiger partial charge in [0, 0.05) is 11.6 Å². The average molecular weight is 288 g/mol. The van der Waals surface area contributed by atoms with Gasteiger partial charge in [-0.3, -0.25) is 4.79 Å². The fraction of sp³-hybridized carbons (Fsp3) is 0.500. The van der Waals surface area contributed by atoms with E-state index in [9.17, 15) is 4.79 Å². The highest BCUT2D eigenvalue weighted by atomic mass is 16.5. The van der Waals surface area contributed by atoms with Crippen molar-refractivity contribution in [2.45, 2.75) is 38.8 Å². The summed E-state index contributed by atoms with van der Waals surface area (Å²) in [5, 5.41) is 8.86. The first-order valence-electron chi connectivity index (χ1n) is 7.09. The van der Waals surface area contributed by atoms with Crippen LogP contribution in [0.4, 0.5) is 0 Å². The summed E-state index contributed by atoms with van der Waals surface area (Å²) >= 11 is 0.